The van der Waals surface area contributed by atoms with Crippen molar-refractivity contribution in [2.75, 3.05) is 120 Å². The van der Waals surface area contributed by atoms with Crippen molar-refractivity contribution in [3.63, 3.8) is 0 Å². The molecule has 0 bridgehead atoms. The molecule has 0 atom stereocenters. The number of carbonyl (C=O) groups is 13. The smallest absolute Gasteiger partial charge is 0.323 e. The molecule has 0 saturated carbocycles. The van der Waals surface area contributed by atoms with Crippen LogP contribution in [-0.4, -0.2) is 258 Å². The van der Waals surface area contributed by atoms with Crippen molar-refractivity contribution in [2.24, 2.45) is 5.41 Å². The Balaban J connectivity index is 0.000000786. The molecule has 0 heterocycles. The van der Waals surface area contributed by atoms with E-state index in [9.17, 15) is 72.5 Å². The molecule has 0 aliphatic carbocycles. The maximum atomic E-state index is 11.8. The SMILES string of the molecule is CC(C)(C)c1ccc(CN(CC(=O)O)CC(=O)O)cc1.CCCCCCCCOc1ccc(N(CC(=O)O)CC(=O)O)cc1.CCCCCCCCc1ccc(N(CC(=O)O)CC(=O)O)cc1.CCCCOc1ccc(C(C)(C)CC(C)(C)C)cc1N(CC(=O)O)CC(=O)O.O=C(O)CN(CC(=O)O)C(=O)c1ccccc1.O=C(O)CN(CCOc1ccccc1)CC(=O)O. The minimum Gasteiger partial charge on any atom is -0.494 e. The van der Waals surface area contributed by atoms with Gasteiger partial charge in [0.15, 0.2) is 0 Å². The maximum Gasteiger partial charge on any atom is 0.323 e. The van der Waals surface area contributed by atoms with Crippen LogP contribution in [0.25, 0.3) is 0 Å². The van der Waals surface area contributed by atoms with Crippen LogP contribution in [0.5, 0.6) is 17.2 Å². The van der Waals surface area contributed by atoms with Crippen LogP contribution in [0.4, 0.5) is 17.1 Å². The summed E-state index contributed by atoms with van der Waals surface area (Å²) < 4.78 is 16.9. The number of hydrogen-bond donors (Lipinski definition) is 12. The lowest BCUT2D eigenvalue weighted by Gasteiger charge is -2.34. The van der Waals surface area contributed by atoms with E-state index in [-0.39, 0.29) is 87.3 Å². The molecule has 0 aromatic heterocycles. The molecule has 0 aliphatic rings. The zero-order valence-corrected chi connectivity index (χ0v) is 76.9. The Kier molecular flexibility index (Phi) is 56.0. The number of carboxylic acids is 12. The number of aliphatic carboxylic acids is 12. The highest BCUT2D eigenvalue weighted by molar-refractivity contribution is 5.97. The fourth-order valence-electron chi connectivity index (χ4n) is 13.2. The number of benzene rings is 6. The zero-order chi connectivity index (χ0) is 98.0. The highest BCUT2D eigenvalue weighted by Crippen LogP contribution is 2.40. The first-order valence-corrected chi connectivity index (χ1v) is 43.2. The molecule has 6 aromatic rings. The fourth-order valence-corrected chi connectivity index (χ4v) is 13.2. The molecule has 0 saturated heterocycles. The number of hydrogen-bond acceptors (Lipinski definition) is 21. The van der Waals surface area contributed by atoms with Gasteiger partial charge in [-0.25, -0.2) is 0 Å². The van der Waals surface area contributed by atoms with Gasteiger partial charge in [0.25, 0.3) is 5.91 Å². The molecule has 0 fully saturated rings. The van der Waals surface area contributed by atoms with Crippen molar-refractivity contribution in [1.82, 2.24) is 14.7 Å². The summed E-state index contributed by atoms with van der Waals surface area (Å²) in [5.74, 6) is -11.8. The maximum absolute atomic E-state index is 11.8. The lowest BCUT2D eigenvalue weighted by atomic mass is 9.72. The number of aryl methyl sites for hydroxylation is 1. The van der Waals surface area contributed by atoms with Crippen LogP contribution in [0, 0.1) is 5.41 Å². The summed E-state index contributed by atoms with van der Waals surface area (Å²) in [5, 5.41) is 106. The topological polar surface area (TPSA) is 512 Å². The Labute approximate surface area is 761 Å². The molecule has 0 radical (unpaired) electrons. The molecular formula is C96H136N6O28. The van der Waals surface area contributed by atoms with Gasteiger partial charge in [0.05, 0.1) is 45.1 Å². The lowest BCUT2D eigenvalue weighted by Crippen LogP contribution is -2.39. The number of carboxylic acid groups (broad SMARTS) is 12. The Morgan fingerprint density at radius 2 is 0.669 bits per heavy atom. The summed E-state index contributed by atoms with van der Waals surface area (Å²) in [6.45, 7) is 21.0. The highest BCUT2D eigenvalue weighted by atomic mass is 16.5. The third kappa shape index (κ3) is 55.7. The van der Waals surface area contributed by atoms with Gasteiger partial charge < -0.3 is 95.1 Å². The average Bonchev–Trinajstić information content (AvgIpc) is 0.790. The van der Waals surface area contributed by atoms with Gasteiger partial charge in [-0.05, 0) is 143 Å². The van der Waals surface area contributed by atoms with Crippen LogP contribution in [0.15, 0.2) is 152 Å². The minimum atomic E-state index is -1.25. The van der Waals surface area contributed by atoms with E-state index in [0.717, 1.165) is 61.0 Å². The molecule has 6 rings (SSSR count). The van der Waals surface area contributed by atoms with Gasteiger partial charge in [0.1, 0.15) is 76.2 Å². The van der Waals surface area contributed by atoms with E-state index in [1.807, 2.05) is 72.8 Å². The number of amides is 1. The van der Waals surface area contributed by atoms with E-state index in [1.54, 1.807) is 66.7 Å². The number of anilines is 3. The third-order valence-corrected chi connectivity index (χ3v) is 18.9. The van der Waals surface area contributed by atoms with Gasteiger partial charge in [0, 0.05) is 30.0 Å². The van der Waals surface area contributed by atoms with Gasteiger partial charge in [-0.1, -0.05) is 226 Å². The number of rotatable bonds is 55. The first kappa shape index (κ1) is 115. The van der Waals surface area contributed by atoms with Gasteiger partial charge in [-0.2, -0.15) is 0 Å². The van der Waals surface area contributed by atoms with Gasteiger partial charge in [-0.3, -0.25) is 72.1 Å². The van der Waals surface area contributed by atoms with Crippen LogP contribution >= 0.6 is 0 Å². The molecule has 0 unspecified atom stereocenters. The molecule has 34 nitrogen and oxygen atoms in total. The second kappa shape index (κ2) is 63.2. The standard InChI is InChI=1S/C22H35NO5.C18H27NO5.C18H27NO4.C15H21NO4.C12H15NO5.C11H11NO5/c1-7-8-11-28-18-10-9-16(22(5,6)15-21(2,3)4)12-17(18)23(13-19(24)25)14-20(26)27;1-2-3-4-5-6-7-12-24-16-10-8-15(9-11-16)19(13-17(20)21)14-18(22)23;1-2-3-4-5-6-7-8-15-9-11-16(12-10-15)19(13-17(20)21)14-18(22)23;1-15(2,3)12-6-4-11(5-7-12)8-16(9-13(17)18)10-14(19)20;14-11(15)8-13(9-12(16)17)6-7-18-10-4-2-1-3-5-10;13-9(14)6-12(7-10(15)16)11(17)8-4-2-1-3-5-8/h9-10,12H,7-8,11,13-15H2,1-6H3,(H,24,25)(H,26,27);8-11H,2-7,12-14H2,1H3,(H,20,21)(H,22,23);9-12H,2-8,13-14H2,1H3,(H,20,21)(H,22,23);4-7H,8-10H2,1-3H3,(H,17,18)(H,19,20);1-5H,6-9H2,(H,14,15)(H,16,17);1-5H,6-7H2,(H,13,14)(H,15,16). The Morgan fingerprint density at radius 3 is 1.08 bits per heavy atom. The molecule has 0 spiro atoms. The zero-order valence-electron chi connectivity index (χ0n) is 76.9. The first-order chi connectivity index (χ1) is 61.2. The van der Waals surface area contributed by atoms with Crippen LogP contribution < -0.4 is 28.9 Å². The molecule has 34 heteroatoms. The van der Waals surface area contributed by atoms with Crippen molar-refractivity contribution in [3.05, 3.63) is 179 Å². The van der Waals surface area contributed by atoms with E-state index in [4.69, 9.17) is 65.3 Å². The number of nitrogens with zero attached hydrogens (tertiary/aromatic N) is 6. The molecule has 1 amide bonds. The summed E-state index contributed by atoms with van der Waals surface area (Å²) in [6.07, 6.45) is 18.5. The molecular weight excluding hydrogens is 1690 g/mol. The largest absolute Gasteiger partial charge is 0.494 e. The van der Waals surface area contributed by atoms with Gasteiger partial charge >= 0.3 is 71.6 Å². The third-order valence-electron chi connectivity index (χ3n) is 18.9. The van der Waals surface area contributed by atoms with Gasteiger partial charge in [0.2, 0.25) is 0 Å². The predicted octanol–water partition coefficient (Wildman–Crippen LogP) is 14.3. The van der Waals surface area contributed by atoms with Crippen molar-refractivity contribution in [2.45, 2.75) is 196 Å². The second-order valence-corrected chi connectivity index (χ2v) is 33.6. The summed E-state index contributed by atoms with van der Waals surface area (Å²) >= 11 is 0. The number of carbonyl (C=O) groups excluding carboxylic acids is 1. The normalized spacial score (nSPS) is 10.8. The highest BCUT2D eigenvalue weighted by Gasteiger charge is 2.30. The molecule has 12 N–H and O–H groups in total. The summed E-state index contributed by atoms with van der Waals surface area (Å²) in [4.78, 5) is 149. The minimum absolute atomic E-state index is 0.0559. The van der Waals surface area contributed by atoms with Gasteiger partial charge in [-0.15, -0.1) is 0 Å². The van der Waals surface area contributed by atoms with Crippen LogP contribution in [0.1, 0.15) is 205 Å². The Bertz CT molecular complexity index is 4290. The molecule has 0 aliphatic heterocycles. The Hall–Kier alpha value is -12.9. The number of para-hydroxylation sites is 1. The van der Waals surface area contributed by atoms with E-state index in [0.29, 0.717) is 54.1 Å². The quantitative estimate of drug-likeness (QED) is 0.0158. The van der Waals surface area contributed by atoms with E-state index < -0.39 is 104 Å². The van der Waals surface area contributed by atoms with E-state index >= 15 is 0 Å². The van der Waals surface area contributed by atoms with Crippen LogP contribution in [0.2, 0.25) is 0 Å². The number of unbranched alkanes of at least 4 members (excludes halogenated alkanes) is 11. The summed E-state index contributed by atoms with van der Waals surface area (Å²) in [6, 6.07) is 44.9. The number of ether oxygens (including phenoxy) is 3. The van der Waals surface area contributed by atoms with Crippen LogP contribution in [-0.2, 0) is 81.3 Å². The van der Waals surface area contributed by atoms with Crippen molar-refractivity contribution in [3.8, 4) is 17.2 Å². The monoisotopic (exact) mass is 1820 g/mol. The lowest BCUT2D eigenvalue weighted by molar-refractivity contribution is -0.144. The van der Waals surface area contributed by atoms with Crippen molar-refractivity contribution < 1.29 is 138 Å². The molecule has 130 heavy (non-hydrogen) atoms. The van der Waals surface area contributed by atoms with Crippen LogP contribution in [0.3, 0.4) is 0 Å². The second-order valence-electron chi connectivity index (χ2n) is 33.6. The van der Waals surface area contributed by atoms with E-state index in [2.05, 4.69) is 76.2 Å². The van der Waals surface area contributed by atoms with Crippen molar-refractivity contribution in [1.29, 1.82) is 0 Å². The summed E-state index contributed by atoms with van der Waals surface area (Å²) in [5.41, 5.74) is 6.28. The van der Waals surface area contributed by atoms with E-state index in [1.165, 1.54) is 106 Å². The molecule has 6 aromatic carbocycles. The Morgan fingerprint density at radius 1 is 0.315 bits per heavy atom. The summed E-state index contributed by atoms with van der Waals surface area (Å²) in [7, 11) is 0. The fraction of sp³-hybridized carbons (Fsp3) is 0.490. The predicted molar refractivity (Wildman–Crippen MR) is 492 cm³/mol. The first-order valence-electron chi connectivity index (χ1n) is 43.2. The molecule has 718 valence electrons. The van der Waals surface area contributed by atoms with Crippen molar-refractivity contribution >= 4 is 94.6 Å². The average molecular weight is 1820 g/mol.